The van der Waals surface area contributed by atoms with Crippen molar-refractivity contribution < 1.29 is 24.9 Å². The Labute approximate surface area is 210 Å². The van der Waals surface area contributed by atoms with Crippen LogP contribution in [0.3, 0.4) is 0 Å². The van der Waals surface area contributed by atoms with Crippen LogP contribution >= 0.6 is 0 Å². The number of hydrogen-bond donors (Lipinski definition) is 3. The smallest absolute Gasteiger partial charge is 0.141 e. The highest BCUT2D eigenvalue weighted by atomic mass is 16.5. The van der Waals surface area contributed by atoms with E-state index in [9.17, 15) is 20.1 Å². The molecule has 5 fully saturated rings. The van der Waals surface area contributed by atoms with Crippen molar-refractivity contribution in [3.63, 3.8) is 0 Å². The molecule has 0 amide bonds. The summed E-state index contributed by atoms with van der Waals surface area (Å²) >= 11 is 0. The van der Waals surface area contributed by atoms with Crippen molar-refractivity contribution in [3.8, 4) is 0 Å². The molecule has 5 nitrogen and oxygen atoms in total. The molecule has 5 aliphatic carbocycles. The summed E-state index contributed by atoms with van der Waals surface area (Å²) in [4.78, 5) is 13.0. The topological polar surface area (TPSA) is 87.0 Å². The molecule has 0 spiro atoms. The van der Waals surface area contributed by atoms with Crippen LogP contribution in [0.15, 0.2) is 11.6 Å². The minimum absolute atomic E-state index is 0.00245. The molecule has 35 heavy (non-hydrogen) atoms. The lowest BCUT2D eigenvalue weighted by Gasteiger charge is -2.70. The van der Waals surface area contributed by atoms with Crippen LogP contribution in [0.2, 0.25) is 0 Å². The molecule has 1 saturated heterocycles. The van der Waals surface area contributed by atoms with Crippen molar-refractivity contribution in [2.24, 2.45) is 50.2 Å². The van der Waals surface area contributed by atoms with Crippen molar-refractivity contribution in [1.29, 1.82) is 0 Å². The van der Waals surface area contributed by atoms with E-state index in [1.807, 2.05) is 6.92 Å². The fourth-order valence-corrected chi connectivity index (χ4v) is 11.3. The summed E-state index contributed by atoms with van der Waals surface area (Å²) < 4.78 is 6.70. The second-order valence-electron chi connectivity index (χ2n) is 15.0. The number of carbonyl (C=O) groups excluding carboxylic acids is 1. The van der Waals surface area contributed by atoms with E-state index in [1.54, 1.807) is 0 Å². The molecular formula is C30H46O5. The number of allylic oxidation sites excluding steroid dienone is 2. The van der Waals surface area contributed by atoms with Gasteiger partial charge in [-0.05, 0) is 77.9 Å². The van der Waals surface area contributed by atoms with Gasteiger partial charge in [0, 0.05) is 6.42 Å². The third kappa shape index (κ3) is 2.53. The molecule has 0 aromatic heterocycles. The summed E-state index contributed by atoms with van der Waals surface area (Å²) in [6.07, 6.45) is 7.71. The monoisotopic (exact) mass is 486 g/mol. The number of carbonyl (C=O) groups is 1. The Balaban J connectivity index is 1.48. The third-order valence-corrected chi connectivity index (χ3v) is 13.5. The highest BCUT2D eigenvalue weighted by molar-refractivity contribution is 5.86. The summed E-state index contributed by atoms with van der Waals surface area (Å²) in [6, 6.07) is 0. The van der Waals surface area contributed by atoms with Gasteiger partial charge in [0.2, 0.25) is 0 Å². The number of ketones is 1. The molecule has 5 heteroatoms. The Morgan fingerprint density at radius 2 is 1.71 bits per heavy atom. The van der Waals surface area contributed by atoms with Gasteiger partial charge in [-0.25, -0.2) is 0 Å². The zero-order chi connectivity index (χ0) is 25.4. The average Bonchev–Trinajstić information content (AvgIpc) is 3.05. The number of fused-ring (bicyclic) bond motifs is 7. The van der Waals surface area contributed by atoms with Gasteiger partial charge >= 0.3 is 0 Å². The molecule has 11 atom stereocenters. The number of rotatable bonds is 2. The van der Waals surface area contributed by atoms with Gasteiger partial charge in [0.1, 0.15) is 5.78 Å². The summed E-state index contributed by atoms with van der Waals surface area (Å²) in [6.45, 7) is 13.7. The maximum atomic E-state index is 13.0. The fraction of sp³-hybridized carbons (Fsp3) is 0.900. The Kier molecular flexibility index (Phi) is 4.92. The predicted octanol–water partition coefficient (Wildman–Crippen LogP) is 4.28. The number of aliphatic hydroxyl groups excluding tert-OH is 3. The first-order valence-corrected chi connectivity index (χ1v) is 14.1. The molecule has 6 rings (SSSR count). The molecule has 0 radical (unpaired) electrons. The molecule has 1 heterocycles. The molecular weight excluding hydrogens is 440 g/mol. The van der Waals surface area contributed by atoms with Gasteiger partial charge in [0.05, 0.1) is 42.4 Å². The molecule has 6 aliphatic rings. The van der Waals surface area contributed by atoms with E-state index in [1.165, 1.54) is 5.57 Å². The summed E-state index contributed by atoms with van der Waals surface area (Å²) in [5.74, 6) is 0.998. The molecule has 1 aliphatic heterocycles. The van der Waals surface area contributed by atoms with Crippen LogP contribution in [0.5, 0.6) is 0 Å². The van der Waals surface area contributed by atoms with E-state index in [4.69, 9.17) is 4.74 Å². The third-order valence-electron chi connectivity index (χ3n) is 13.5. The van der Waals surface area contributed by atoms with Gasteiger partial charge in [-0.1, -0.05) is 53.2 Å². The van der Waals surface area contributed by atoms with Crippen LogP contribution in [-0.2, 0) is 9.53 Å². The van der Waals surface area contributed by atoms with Gasteiger partial charge in [0.15, 0.2) is 0 Å². The molecule has 196 valence electrons. The van der Waals surface area contributed by atoms with E-state index in [0.717, 1.165) is 38.5 Å². The van der Waals surface area contributed by atoms with Crippen molar-refractivity contribution >= 4 is 5.78 Å². The number of ether oxygens (including phenoxy) is 1. The first-order chi connectivity index (χ1) is 16.3. The van der Waals surface area contributed by atoms with Crippen LogP contribution in [-0.4, -0.2) is 52.6 Å². The average molecular weight is 487 g/mol. The molecule has 3 N–H and O–H groups in total. The van der Waals surface area contributed by atoms with Gasteiger partial charge in [-0.3, -0.25) is 4.79 Å². The van der Waals surface area contributed by atoms with Crippen molar-refractivity contribution in [2.45, 2.75) is 105 Å². The Bertz CT molecular complexity index is 987. The SMILES string of the molecule is CC1(C)C[C@H]2C3=CC[C@@H]4[C@@]5(C)CCC(=O)[C@](C)(CO)C5CC[C@@]4(C)[C@]3(C)C[C@@H]3O[C@H]1[C@@H](O)[C@]32CO. The van der Waals surface area contributed by atoms with Crippen LogP contribution in [0, 0.1) is 50.2 Å². The maximum Gasteiger partial charge on any atom is 0.141 e. The van der Waals surface area contributed by atoms with E-state index in [0.29, 0.717) is 12.3 Å². The van der Waals surface area contributed by atoms with Gasteiger partial charge < -0.3 is 20.1 Å². The molecule has 2 bridgehead atoms. The maximum absolute atomic E-state index is 13.0. The molecule has 0 aromatic rings. The number of aliphatic hydroxyl groups is 3. The lowest BCUT2D eigenvalue weighted by molar-refractivity contribution is -0.200. The molecule has 1 unspecified atom stereocenters. The zero-order valence-electron chi connectivity index (χ0n) is 22.6. The number of hydrogen-bond acceptors (Lipinski definition) is 5. The minimum Gasteiger partial charge on any atom is -0.396 e. The summed E-state index contributed by atoms with van der Waals surface area (Å²) in [5.41, 5.74) is 0.0441. The summed E-state index contributed by atoms with van der Waals surface area (Å²) in [7, 11) is 0. The zero-order valence-corrected chi connectivity index (χ0v) is 22.6. The van der Waals surface area contributed by atoms with Crippen molar-refractivity contribution in [1.82, 2.24) is 0 Å². The lowest BCUT2D eigenvalue weighted by Crippen LogP contribution is -2.68. The Hall–Kier alpha value is -0.750. The standard InChI is InChI=1S/C30H46O5/c1-25(2)13-18-17-7-8-20-26(3)11-10-21(33)27(4,15-31)19(26)9-12-28(20,5)29(17,6)14-22-30(18,16-32)23(34)24(25)35-22/h7,18-20,22-24,31-32,34H,8-16H2,1-6H3/t18-,19?,20+,22-,23+,24-,26-,27+,28+,29+,30-/m0/s1. The van der Waals surface area contributed by atoms with E-state index >= 15 is 0 Å². The van der Waals surface area contributed by atoms with Crippen molar-refractivity contribution in [3.05, 3.63) is 11.6 Å². The van der Waals surface area contributed by atoms with Gasteiger partial charge in [0.25, 0.3) is 0 Å². The predicted molar refractivity (Wildman–Crippen MR) is 133 cm³/mol. The first kappa shape index (κ1) is 24.6. The Morgan fingerprint density at radius 1 is 1.00 bits per heavy atom. The van der Waals surface area contributed by atoms with E-state index < -0.39 is 16.9 Å². The quantitative estimate of drug-likeness (QED) is 0.507. The second-order valence-corrected chi connectivity index (χ2v) is 15.0. The van der Waals surface area contributed by atoms with Crippen LogP contribution in [0.25, 0.3) is 0 Å². The highest BCUT2D eigenvalue weighted by Gasteiger charge is 2.75. The van der Waals surface area contributed by atoms with Crippen LogP contribution in [0.4, 0.5) is 0 Å². The Morgan fingerprint density at radius 3 is 2.37 bits per heavy atom. The van der Waals surface area contributed by atoms with Crippen LogP contribution < -0.4 is 0 Å². The molecule has 0 aromatic carbocycles. The molecule has 4 saturated carbocycles. The first-order valence-electron chi connectivity index (χ1n) is 14.1. The fourth-order valence-electron chi connectivity index (χ4n) is 11.3. The second kappa shape index (κ2) is 7.01. The van der Waals surface area contributed by atoms with Crippen LogP contribution in [0.1, 0.15) is 86.5 Å². The van der Waals surface area contributed by atoms with Crippen molar-refractivity contribution in [2.75, 3.05) is 13.2 Å². The van der Waals surface area contributed by atoms with E-state index in [2.05, 4.69) is 40.7 Å². The number of Topliss-reactive ketones (excluding diaryl/α,β-unsaturated/α-hetero) is 1. The summed E-state index contributed by atoms with van der Waals surface area (Å²) in [5, 5.41) is 32.7. The largest absolute Gasteiger partial charge is 0.396 e. The highest BCUT2D eigenvalue weighted by Crippen LogP contribution is 2.77. The van der Waals surface area contributed by atoms with E-state index in [-0.39, 0.29) is 64.7 Å². The van der Waals surface area contributed by atoms with Gasteiger partial charge in [-0.15, -0.1) is 0 Å². The normalized spacial score (nSPS) is 58.2. The van der Waals surface area contributed by atoms with Gasteiger partial charge in [-0.2, -0.15) is 0 Å². The minimum atomic E-state index is -0.640. The lowest BCUT2D eigenvalue weighted by atomic mass is 9.33.